The molecule has 21 heavy (non-hydrogen) atoms. The maximum absolute atomic E-state index is 12.6. The molecular weight excluding hydrogens is 310 g/mol. The fourth-order valence-corrected chi connectivity index (χ4v) is 3.56. The van der Waals surface area contributed by atoms with E-state index in [0.29, 0.717) is 23.6 Å². The molecular formula is C15H20ClNO3S. The number of hydrogen-bond donors (Lipinski definition) is 0. The van der Waals surface area contributed by atoms with Crippen molar-refractivity contribution in [2.75, 3.05) is 13.1 Å². The van der Waals surface area contributed by atoms with Crippen molar-refractivity contribution in [1.29, 1.82) is 0 Å². The standard InChI is InChI=1S/C15H20ClNO3S/c1-3-8-17(10-12-5-6-12)15(18)13-7-4-11(2)14(9-13)21(16,19)20/h4,7,9,12H,3,5-6,8,10H2,1-2H3. The molecule has 1 amide bonds. The average molecular weight is 330 g/mol. The van der Waals surface area contributed by atoms with E-state index in [0.717, 1.165) is 13.0 Å². The van der Waals surface area contributed by atoms with Gasteiger partial charge in [-0.3, -0.25) is 4.79 Å². The summed E-state index contributed by atoms with van der Waals surface area (Å²) in [6, 6.07) is 4.68. The molecule has 1 fully saturated rings. The first-order valence-electron chi connectivity index (χ1n) is 7.17. The Morgan fingerprint density at radius 2 is 2.05 bits per heavy atom. The molecule has 0 radical (unpaired) electrons. The topological polar surface area (TPSA) is 54.5 Å². The molecule has 2 rings (SSSR count). The molecule has 0 spiro atoms. The first-order chi connectivity index (χ1) is 9.82. The van der Waals surface area contributed by atoms with Crippen molar-refractivity contribution in [3.63, 3.8) is 0 Å². The van der Waals surface area contributed by atoms with Crippen molar-refractivity contribution >= 4 is 25.6 Å². The number of carbonyl (C=O) groups excluding carboxylic acids is 1. The predicted octanol–water partition coefficient (Wildman–Crippen LogP) is 3.18. The average Bonchev–Trinajstić information content (AvgIpc) is 3.20. The van der Waals surface area contributed by atoms with Gasteiger partial charge in [0.05, 0.1) is 4.90 Å². The Labute approximate surface area is 130 Å². The summed E-state index contributed by atoms with van der Waals surface area (Å²) in [5.41, 5.74) is 0.930. The molecule has 1 aliphatic carbocycles. The van der Waals surface area contributed by atoms with Crippen LogP contribution in [0.25, 0.3) is 0 Å². The zero-order chi connectivity index (χ0) is 15.6. The summed E-state index contributed by atoms with van der Waals surface area (Å²) in [4.78, 5) is 14.4. The molecule has 1 saturated carbocycles. The van der Waals surface area contributed by atoms with Crippen LogP contribution in [0.3, 0.4) is 0 Å². The Morgan fingerprint density at radius 3 is 2.57 bits per heavy atom. The highest BCUT2D eigenvalue weighted by atomic mass is 35.7. The van der Waals surface area contributed by atoms with Gasteiger partial charge in [0.2, 0.25) is 0 Å². The Morgan fingerprint density at radius 1 is 1.38 bits per heavy atom. The van der Waals surface area contributed by atoms with Gasteiger partial charge in [-0.1, -0.05) is 13.0 Å². The second kappa shape index (κ2) is 6.36. The molecule has 4 nitrogen and oxygen atoms in total. The van der Waals surface area contributed by atoms with Gasteiger partial charge in [-0.25, -0.2) is 8.42 Å². The molecule has 0 atom stereocenters. The van der Waals surface area contributed by atoms with E-state index in [-0.39, 0.29) is 10.8 Å². The third kappa shape index (κ3) is 4.20. The van der Waals surface area contributed by atoms with Gasteiger partial charge in [0.15, 0.2) is 0 Å². The monoisotopic (exact) mass is 329 g/mol. The molecule has 0 unspecified atom stereocenters. The van der Waals surface area contributed by atoms with Crippen molar-refractivity contribution in [3.8, 4) is 0 Å². The third-order valence-electron chi connectivity index (χ3n) is 3.65. The highest BCUT2D eigenvalue weighted by molar-refractivity contribution is 8.13. The largest absolute Gasteiger partial charge is 0.338 e. The van der Waals surface area contributed by atoms with Crippen LogP contribution in [0.15, 0.2) is 23.1 Å². The maximum Gasteiger partial charge on any atom is 0.261 e. The van der Waals surface area contributed by atoms with E-state index in [2.05, 4.69) is 0 Å². The number of hydrogen-bond acceptors (Lipinski definition) is 3. The van der Waals surface area contributed by atoms with Gasteiger partial charge in [0.25, 0.3) is 15.0 Å². The first kappa shape index (κ1) is 16.3. The van der Waals surface area contributed by atoms with Crippen LogP contribution in [-0.4, -0.2) is 32.3 Å². The Balaban J connectivity index is 2.28. The van der Waals surface area contributed by atoms with Crippen molar-refractivity contribution in [3.05, 3.63) is 29.3 Å². The molecule has 0 aromatic heterocycles. The Bertz CT molecular complexity index is 638. The quantitative estimate of drug-likeness (QED) is 0.753. The van der Waals surface area contributed by atoms with E-state index in [1.54, 1.807) is 19.1 Å². The molecule has 1 aromatic carbocycles. The summed E-state index contributed by atoms with van der Waals surface area (Å²) in [7, 11) is 1.59. The second-order valence-electron chi connectivity index (χ2n) is 5.61. The van der Waals surface area contributed by atoms with Gasteiger partial charge in [-0.05, 0) is 49.8 Å². The molecule has 0 saturated heterocycles. The molecule has 0 N–H and O–H groups in total. The zero-order valence-corrected chi connectivity index (χ0v) is 13.9. The van der Waals surface area contributed by atoms with E-state index in [1.165, 1.54) is 18.9 Å². The van der Waals surface area contributed by atoms with Gasteiger partial charge in [-0.2, -0.15) is 0 Å². The van der Waals surface area contributed by atoms with Crippen LogP contribution >= 0.6 is 10.7 Å². The predicted molar refractivity (Wildman–Crippen MR) is 83.1 cm³/mol. The number of rotatable bonds is 6. The second-order valence-corrected chi connectivity index (χ2v) is 8.15. The lowest BCUT2D eigenvalue weighted by Crippen LogP contribution is -2.33. The van der Waals surface area contributed by atoms with Crippen molar-refractivity contribution in [1.82, 2.24) is 4.90 Å². The minimum atomic E-state index is -3.84. The van der Waals surface area contributed by atoms with Gasteiger partial charge in [0.1, 0.15) is 0 Å². The van der Waals surface area contributed by atoms with Gasteiger partial charge < -0.3 is 4.90 Å². The molecule has 0 aliphatic heterocycles. The summed E-state index contributed by atoms with van der Waals surface area (Å²) in [6.07, 6.45) is 3.22. The smallest absolute Gasteiger partial charge is 0.261 e. The lowest BCUT2D eigenvalue weighted by atomic mass is 10.1. The minimum Gasteiger partial charge on any atom is -0.338 e. The van der Waals surface area contributed by atoms with Crippen LogP contribution in [0.2, 0.25) is 0 Å². The summed E-state index contributed by atoms with van der Waals surface area (Å²) < 4.78 is 23.1. The van der Waals surface area contributed by atoms with Crippen LogP contribution < -0.4 is 0 Å². The van der Waals surface area contributed by atoms with E-state index in [9.17, 15) is 13.2 Å². The first-order valence-corrected chi connectivity index (χ1v) is 9.48. The summed E-state index contributed by atoms with van der Waals surface area (Å²) >= 11 is 0. The Hall–Kier alpha value is -1.07. The van der Waals surface area contributed by atoms with Crippen LogP contribution in [0.4, 0.5) is 0 Å². The molecule has 0 bridgehead atoms. The normalized spacial score (nSPS) is 15.0. The molecule has 6 heteroatoms. The number of carbonyl (C=O) groups is 1. The van der Waals surface area contributed by atoms with Crippen LogP contribution in [0.5, 0.6) is 0 Å². The lowest BCUT2D eigenvalue weighted by Gasteiger charge is -2.22. The number of nitrogens with zero attached hydrogens (tertiary/aromatic N) is 1. The van der Waals surface area contributed by atoms with Gasteiger partial charge in [-0.15, -0.1) is 0 Å². The van der Waals surface area contributed by atoms with Crippen LogP contribution in [0.1, 0.15) is 42.1 Å². The van der Waals surface area contributed by atoms with Crippen molar-refractivity contribution < 1.29 is 13.2 Å². The van der Waals surface area contributed by atoms with Crippen LogP contribution in [-0.2, 0) is 9.05 Å². The lowest BCUT2D eigenvalue weighted by molar-refractivity contribution is 0.0747. The van der Waals surface area contributed by atoms with E-state index in [1.807, 2.05) is 11.8 Å². The van der Waals surface area contributed by atoms with Gasteiger partial charge in [0, 0.05) is 29.3 Å². The van der Waals surface area contributed by atoms with E-state index >= 15 is 0 Å². The number of aryl methyl sites for hydroxylation is 1. The zero-order valence-electron chi connectivity index (χ0n) is 12.3. The molecule has 1 aromatic rings. The van der Waals surface area contributed by atoms with E-state index in [4.69, 9.17) is 10.7 Å². The third-order valence-corrected chi connectivity index (χ3v) is 5.12. The highest BCUT2D eigenvalue weighted by Gasteiger charge is 2.27. The minimum absolute atomic E-state index is 0.0119. The summed E-state index contributed by atoms with van der Waals surface area (Å²) in [5.74, 6) is 0.479. The number of amides is 1. The number of benzene rings is 1. The highest BCUT2D eigenvalue weighted by Crippen LogP contribution is 2.30. The number of halogens is 1. The molecule has 0 heterocycles. The van der Waals surface area contributed by atoms with E-state index < -0.39 is 9.05 Å². The fraction of sp³-hybridized carbons (Fsp3) is 0.533. The molecule has 116 valence electrons. The fourth-order valence-electron chi connectivity index (χ4n) is 2.34. The summed E-state index contributed by atoms with van der Waals surface area (Å²) in [6.45, 7) is 5.13. The SMILES string of the molecule is CCCN(CC1CC1)C(=O)c1ccc(C)c(S(=O)(=O)Cl)c1. The Kier molecular flexibility index (Phi) is 4.94. The van der Waals surface area contributed by atoms with Crippen LogP contribution in [0, 0.1) is 12.8 Å². The maximum atomic E-state index is 12.6. The van der Waals surface area contributed by atoms with Crippen molar-refractivity contribution in [2.24, 2.45) is 5.92 Å². The van der Waals surface area contributed by atoms with Gasteiger partial charge >= 0.3 is 0 Å². The summed E-state index contributed by atoms with van der Waals surface area (Å²) in [5, 5.41) is 0. The van der Waals surface area contributed by atoms with Crippen molar-refractivity contribution in [2.45, 2.75) is 38.0 Å². The molecule has 1 aliphatic rings.